The Morgan fingerprint density at radius 3 is 2.66 bits per heavy atom. The zero-order valence-electron chi connectivity index (χ0n) is 21.9. The highest BCUT2D eigenvalue weighted by Crippen LogP contribution is 2.41. The monoisotopic (exact) mass is 533 g/mol. The fraction of sp³-hybridized carbons (Fsp3) is 0.333. The number of likely N-dealkylation sites (N-methyl/N-ethyl adjacent to an activating group) is 1. The average Bonchev–Trinajstić information content (AvgIpc) is 3.29. The Balaban J connectivity index is 1.57. The highest BCUT2D eigenvalue weighted by atomic mass is 32.1. The van der Waals surface area contributed by atoms with Crippen molar-refractivity contribution in [3.05, 3.63) is 47.6 Å². The molecule has 0 unspecified atom stereocenters. The molecule has 0 spiro atoms. The number of ether oxygens (including phenoxy) is 2. The van der Waals surface area contributed by atoms with Gasteiger partial charge in [0.05, 0.1) is 35.3 Å². The molecule has 1 saturated heterocycles. The fourth-order valence-electron chi connectivity index (χ4n) is 4.47. The molecule has 198 valence electrons. The van der Waals surface area contributed by atoms with Gasteiger partial charge in [0.25, 0.3) is 5.91 Å². The van der Waals surface area contributed by atoms with Gasteiger partial charge in [-0.2, -0.15) is 0 Å². The number of fused-ring (bicyclic) bond motifs is 1. The normalized spacial score (nSPS) is 14.2. The highest BCUT2D eigenvalue weighted by molar-refractivity contribution is 7.21. The number of anilines is 3. The van der Waals surface area contributed by atoms with Gasteiger partial charge in [-0.05, 0) is 51.2 Å². The number of aromatic nitrogens is 3. The molecule has 3 N–H and O–H groups in total. The van der Waals surface area contributed by atoms with Crippen LogP contribution in [-0.2, 0) is 0 Å². The maximum Gasteiger partial charge on any atom is 0.259 e. The van der Waals surface area contributed by atoms with Gasteiger partial charge in [-0.15, -0.1) is 11.3 Å². The van der Waals surface area contributed by atoms with Crippen molar-refractivity contribution < 1.29 is 14.3 Å². The summed E-state index contributed by atoms with van der Waals surface area (Å²) in [6.07, 6.45) is 3.32. The largest absolute Gasteiger partial charge is 0.489 e. The molecule has 1 amide bonds. The van der Waals surface area contributed by atoms with Crippen LogP contribution in [0, 0.1) is 0 Å². The first kappa shape index (κ1) is 25.7. The van der Waals surface area contributed by atoms with Gasteiger partial charge in [-0.1, -0.05) is 0 Å². The van der Waals surface area contributed by atoms with Crippen LogP contribution < -0.4 is 25.4 Å². The van der Waals surface area contributed by atoms with Crippen LogP contribution in [0.25, 0.3) is 21.3 Å². The first-order valence-electron chi connectivity index (χ1n) is 12.4. The number of pyridine rings is 1. The van der Waals surface area contributed by atoms with Crippen LogP contribution in [0.15, 0.2) is 42.7 Å². The quantitative estimate of drug-likeness (QED) is 0.344. The molecule has 0 bridgehead atoms. The second-order valence-electron chi connectivity index (χ2n) is 9.40. The van der Waals surface area contributed by atoms with Gasteiger partial charge < -0.3 is 30.3 Å². The van der Waals surface area contributed by atoms with Crippen molar-refractivity contribution in [2.24, 2.45) is 5.73 Å². The van der Waals surface area contributed by atoms with Gasteiger partial charge in [0.2, 0.25) is 11.8 Å². The predicted molar refractivity (Wildman–Crippen MR) is 151 cm³/mol. The van der Waals surface area contributed by atoms with Crippen molar-refractivity contribution in [1.82, 2.24) is 19.9 Å². The molecule has 4 aromatic rings. The Labute approximate surface area is 225 Å². The Hall–Kier alpha value is -3.96. The van der Waals surface area contributed by atoms with Gasteiger partial charge >= 0.3 is 0 Å². The van der Waals surface area contributed by atoms with Crippen molar-refractivity contribution in [2.75, 3.05) is 50.6 Å². The summed E-state index contributed by atoms with van der Waals surface area (Å²) < 4.78 is 12.3. The first-order valence-corrected chi connectivity index (χ1v) is 13.3. The molecule has 38 heavy (non-hydrogen) atoms. The molecule has 10 nitrogen and oxygen atoms in total. The number of primary amides is 1. The van der Waals surface area contributed by atoms with E-state index in [1.807, 2.05) is 26.0 Å². The molecule has 11 heteroatoms. The molecular weight excluding hydrogens is 502 g/mol. The smallest absolute Gasteiger partial charge is 0.259 e. The number of nitrogens with zero attached hydrogens (tertiary/aromatic N) is 5. The lowest BCUT2D eigenvalue weighted by molar-refractivity contribution is 0.100. The summed E-state index contributed by atoms with van der Waals surface area (Å²) in [5.41, 5.74) is 9.43. The lowest BCUT2D eigenvalue weighted by Gasteiger charge is -2.34. The number of hydrogen-bond acceptors (Lipinski definition) is 10. The Kier molecular flexibility index (Phi) is 7.30. The van der Waals surface area contributed by atoms with Crippen LogP contribution >= 0.6 is 11.3 Å². The number of piperazine rings is 1. The third-order valence-electron chi connectivity index (χ3n) is 6.33. The number of rotatable bonds is 8. The molecule has 0 atom stereocenters. The topological polar surface area (TPSA) is 119 Å². The fourth-order valence-corrected chi connectivity index (χ4v) is 5.45. The number of carbonyl (C=O) groups is 1. The van der Waals surface area contributed by atoms with Gasteiger partial charge in [0, 0.05) is 49.2 Å². The minimum absolute atomic E-state index is 0.00641. The number of amides is 1. The highest BCUT2D eigenvalue weighted by Gasteiger charge is 2.23. The number of methoxy groups -OCH3 is 1. The number of benzene rings is 1. The summed E-state index contributed by atoms with van der Waals surface area (Å²) in [6.45, 7) is 7.89. The van der Waals surface area contributed by atoms with Crippen LogP contribution in [0.1, 0.15) is 23.5 Å². The van der Waals surface area contributed by atoms with Crippen LogP contribution in [0.4, 0.5) is 17.3 Å². The second kappa shape index (κ2) is 10.8. The molecule has 0 aliphatic carbocycles. The van der Waals surface area contributed by atoms with Gasteiger partial charge in [0.1, 0.15) is 10.6 Å². The molecule has 1 aromatic carbocycles. The standard InChI is InChI=1S/C27H31N7O3S/c1-16(2)37-20-8-7-17(34-12-10-33(3)11-13-34)14-19(20)31-27-30-15-21-23(32-27)22(24(38-21)25(28)35)18-6-5-9-29-26(18)36-4/h5-9,14-16H,10-13H2,1-4H3,(H2,28,35)(H,30,31,32). The molecular formula is C27H31N7O3S. The van der Waals surface area contributed by atoms with E-state index >= 15 is 0 Å². The lowest BCUT2D eigenvalue weighted by Crippen LogP contribution is -2.44. The summed E-state index contributed by atoms with van der Waals surface area (Å²) in [7, 11) is 3.68. The summed E-state index contributed by atoms with van der Waals surface area (Å²) in [5, 5.41) is 3.36. The number of carbonyl (C=O) groups excluding carboxylic acids is 1. The van der Waals surface area contributed by atoms with E-state index in [9.17, 15) is 4.79 Å². The lowest BCUT2D eigenvalue weighted by atomic mass is 10.1. The van der Waals surface area contributed by atoms with Crippen molar-refractivity contribution in [1.29, 1.82) is 0 Å². The molecule has 0 radical (unpaired) electrons. The van der Waals surface area contributed by atoms with Gasteiger partial charge in [-0.25, -0.2) is 15.0 Å². The average molecular weight is 534 g/mol. The molecule has 3 aromatic heterocycles. The maximum absolute atomic E-state index is 12.4. The van der Waals surface area contributed by atoms with Crippen LogP contribution in [0.2, 0.25) is 0 Å². The molecule has 0 saturated carbocycles. The SMILES string of the molecule is COc1ncccc1-c1c(C(N)=O)sc2cnc(Nc3cc(N4CCN(C)CC4)ccc3OC(C)C)nc12. The molecule has 1 aliphatic rings. The van der Waals surface area contributed by atoms with E-state index in [1.54, 1.807) is 18.5 Å². The van der Waals surface area contributed by atoms with Crippen LogP contribution in [0.5, 0.6) is 11.6 Å². The van der Waals surface area contributed by atoms with E-state index in [0.717, 1.165) is 42.3 Å². The number of nitrogens with one attached hydrogen (secondary N) is 1. The number of thiophene rings is 1. The van der Waals surface area contributed by atoms with Crippen molar-refractivity contribution >= 4 is 44.8 Å². The Morgan fingerprint density at radius 2 is 1.95 bits per heavy atom. The maximum atomic E-state index is 12.4. The van der Waals surface area contributed by atoms with Crippen molar-refractivity contribution in [3.63, 3.8) is 0 Å². The Morgan fingerprint density at radius 1 is 1.16 bits per heavy atom. The van der Waals surface area contributed by atoms with E-state index in [1.165, 1.54) is 18.4 Å². The van der Waals surface area contributed by atoms with Crippen molar-refractivity contribution in [3.8, 4) is 22.8 Å². The van der Waals surface area contributed by atoms with Gasteiger partial charge in [-0.3, -0.25) is 4.79 Å². The first-order chi connectivity index (χ1) is 18.3. The summed E-state index contributed by atoms with van der Waals surface area (Å²) in [6, 6.07) is 9.76. The number of nitrogens with two attached hydrogens (primary N) is 1. The minimum atomic E-state index is -0.545. The third-order valence-corrected chi connectivity index (χ3v) is 7.46. The van der Waals surface area contributed by atoms with E-state index in [4.69, 9.17) is 20.2 Å². The summed E-state index contributed by atoms with van der Waals surface area (Å²) in [5.74, 6) is 0.921. The third kappa shape index (κ3) is 5.20. The minimum Gasteiger partial charge on any atom is -0.489 e. The van der Waals surface area contributed by atoms with Crippen LogP contribution in [0.3, 0.4) is 0 Å². The molecule has 1 aliphatic heterocycles. The van der Waals surface area contributed by atoms with Crippen molar-refractivity contribution in [2.45, 2.75) is 20.0 Å². The summed E-state index contributed by atoms with van der Waals surface area (Å²) in [4.78, 5) is 31.1. The van der Waals surface area contributed by atoms with E-state index < -0.39 is 5.91 Å². The number of hydrogen-bond donors (Lipinski definition) is 2. The molecule has 1 fully saturated rings. The molecule has 5 rings (SSSR count). The van der Waals surface area contributed by atoms with Gasteiger partial charge in [0.15, 0.2) is 0 Å². The zero-order chi connectivity index (χ0) is 26.8. The zero-order valence-corrected chi connectivity index (χ0v) is 22.7. The van der Waals surface area contributed by atoms with E-state index in [-0.39, 0.29) is 6.10 Å². The predicted octanol–water partition coefficient (Wildman–Crippen LogP) is 4.14. The second-order valence-corrected chi connectivity index (χ2v) is 10.5. The summed E-state index contributed by atoms with van der Waals surface area (Å²) >= 11 is 1.25. The van der Waals surface area contributed by atoms with E-state index in [0.29, 0.717) is 39.1 Å². The van der Waals surface area contributed by atoms with Crippen LogP contribution in [-0.4, -0.2) is 72.2 Å². The Bertz CT molecular complexity index is 1460. The molecule has 4 heterocycles. The van der Waals surface area contributed by atoms with E-state index in [2.05, 4.69) is 44.3 Å².